The highest BCUT2D eigenvalue weighted by molar-refractivity contribution is 7.99. The van der Waals surface area contributed by atoms with Crippen molar-refractivity contribution in [3.63, 3.8) is 0 Å². The molecule has 2 aromatic carbocycles. The zero-order valence-electron chi connectivity index (χ0n) is 17.2. The van der Waals surface area contributed by atoms with Crippen LogP contribution in [0.1, 0.15) is 31.3 Å². The van der Waals surface area contributed by atoms with Crippen LogP contribution in [-0.4, -0.2) is 26.4 Å². The first-order valence-electron chi connectivity index (χ1n) is 9.52. The zero-order valence-corrected chi connectivity index (χ0v) is 20.2. The van der Waals surface area contributed by atoms with E-state index in [4.69, 9.17) is 39.5 Å². The molecule has 0 bridgehead atoms. The van der Waals surface area contributed by atoms with E-state index in [-0.39, 0.29) is 17.8 Å². The summed E-state index contributed by atoms with van der Waals surface area (Å²) in [5, 5.41) is 12.9. The number of aromatic nitrogens is 3. The van der Waals surface area contributed by atoms with Gasteiger partial charge in [0.1, 0.15) is 5.75 Å². The van der Waals surface area contributed by atoms with Crippen molar-refractivity contribution in [1.82, 2.24) is 14.8 Å². The molecule has 1 atom stereocenters. The van der Waals surface area contributed by atoms with Gasteiger partial charge in [-0.2, -0.15) is 0 Å². The second-order valence-electron chi connectivity index (χ2n) is 6.69. The molecule has 164 valence electrons. The molecule has 0 aliphatic rings. The number of benzene rings is 2. The first-order chi connectivity index (χ1) is 14.8. The van der Waals surface area contributed by atoms with Gasteiger partial charge in [0, 0.05) is 6.54 Å². The lowest BCUT2D eigenvalue weighted by atomic mass is 10.2. The van der Waals surface area contributed by atoms with Gasteiger partial charge < -0.3 is 14.6 Å². The Labute approximate surface area is 200 Å². The van der Waals surface area contributed by atoms with Gasteiger partial charge in [-0.3, -0.25) is 4.79 Å². The lowest BCUT2D eigenvalue weighted by molar-refractivity contribution is -0.113. The van der Waals surface area contributed by atoms with Crippen LogP contribution in [0.3, 0.4) is 0 Å². The number of carbonyl (C=O) groups is 1. The van der Waals surface area contributed by atoms with E-state index in [1.165, 1.54) is 23.9 Å². The molecule has 0 saturated carbocycles. The van der Waals surface area contributed by atoms with Crippen molar-refractivity contribution in [2.24, 2.45) is 0 Å². The Morgan fingerprint density at radius 1 is 1.16 bits per heavy atom. The number of nitrogens with one attached hydrogen (secondary N) is 1. The Morgan fingerprint density at radius 2 is 1.87 bits per heavy atom. The number of rotatable bonds is 8. The minimum absolute atomic E-state index is 0.127. The van der Waals surface area contributed by atoms with Gasteiger partial charge in [0.05, 0.1) is 26.5 Å². The zero-order chi connectivity index (χ0) is 22.5. The number of aryl methyl sites for hydroxylation is 1. The SMILES string of the molecule is CCn1c(SCC(=O)Nc2cc(Cl)c(Cl)cc2Cl)nnc1C(C)Oc1ccccc1C. The summed E-state index contributed by atoms with van der Waals surface area (Å²) in [4.78, 5) is 12.4. The highest BCUT2D eigenvalue weighted by Crippen LogP contribution is 2.32. The molecule has 0 radical (unpaired) electrons. The summed E-state index contributed by atoms with van der Waals surface area (Å²) in [6.07, 6.45) is -0.299. The average molecular weight is 500 g/mol. The minimum Gasteiger partial charge on any atom is -0.482 e. The van der Waals surface area contributed by atoms with Crippen LogP contribution in [0.15, 0.2) is 41.6 Å². The second-order valence-corrected chi connectivity index (χ2v) is 8.86. The number of hydrogen-bond donors (Lipinski definition) is 1. The molecular formula is C21H21Cl3N4O2S. The number of carbonyl (C=O) groups excluding carboxylic acids is 1. The molecule has 0 fully saturated rings. The van der Waals surface area contributed by atoms with Crippen molar-refractivity contribution in [3.8, 4) is 5.75 Å². The fraction of sp³-hybridized carbons (Fsp3) is 0.286. The number of nitrogens with zero attached hydrogens (tertiary/aromatic N) is 3. The van der Waals surface area contributed by atoms with Gasteiger partial charge in [0.2, 0.25) is 5.91 Å². The van der Waals surface area contributed by atoms with E-state index in [1.807, 2.05) is 49.6 Å². The highest BCUT2D eigenvalue weighted by atomic mass is 35.5. The molecule has 1 unspecified atom stereocenters. The van der Waals surface area contributed by atoms with E-state index in [0.29, 0.717) is 38.3 Å². The third-order valence-electron chi connectivity index (χ3n) is 4.44. The summed E-state index contributed by atoms with van der Waals surface area (Å²) in [5.41, 5.74) is 1.45. The Kier molecular flexibility index (Phi) is 8.11. The molecular weight excluding hydrogens is 479 g/mol. The van der Waals surface area contributed by atoms with E-state index in [0.717, 1.165) is 11.3 Å². The van der Waals surface area contributed by atoms with Gasteiger partial charge in [-0.1, -0.05) is 64.8 Å². The van der Waals surface area contributed by atoms with Gasteiger partial charge >= 0.3 is 0 Å². The van der Waals surface area contributed by atoms with Crippen LogP contribution < -0.4 is 10.1 Å². The quantitative estimate of drug-likeness (QED) is 0.285. The first kappa shape index (κ1) is 23.7. The average Bonchev–Trinajstić information content (AvgIpc) is 3.15. The number of amides is 1. The Balaban J connectivity index is 1.66. The number of para-hydroxylation sites is 1. The van der Waals surface area contributed by atoms with Gasteiger partial charge in [-0.15, -0.1) is 10.2 Å². The van der Waals surface area contributed by atoms with Crippen molar-refractivity contribution in [3.05, 3.63) is 62.9 Å². The summed E-state index contributed by atoms with van der Waals surface area (Å²) >= 11 is 19.3. The molecule has 0 aliphatic heterocycles. The Morgan fingerprint density at radius 3 is 2.58 bits per heavy atom. The summed E-state index contributed by atoms with van der Waals surface area (Å²) < 4.78 is 8.01. The van der Waals surface area contributed by atoms with E-state index in [2.05, 4.69) is 15.5 Å². The number of thioether (sulfide) groups is 1. The van der Waals surface area contributed by atoms with Crippen LogP contribution >= 0.6 is 46.6 Å². The molecule has 10 heteroatoms. The van der Waals surface area contributed by atoms with Crippen LogP contribution in [0.2, 0.25) is 15.1 Å². The molecule has 3 rings (SSSR count). The van der Waals surface area contributed by atoms with Crippen LogP contribution in [0, 0.1) is 6.92 Å². The highest BCUT2D eigenvalue weighted by Gasteiger charge is 2.20. The molecule has 1 amide bonds. The number of hydrogen-bond acceptors (Lipinski definition) is 5. The summed E-state index contributed by atoms with van der Waals surface area (Å²) in [5.74, 6) is 1.37. The van der Waals surface area contributed by atoms with Crippen LogP contribution in [0.25, 0.3) is 0 Å². The van der Waals surface area contributed by atoms with E-state index < -0.39 is 0 Å². The van der Waals surface area contributed by atoms with Gasteiger partial charge in [-0.25, -0.2) is 0 Å². The molecule has 31 heavy (non-hydrogen) atoms. The fourth-order valence-electron chi connectivity index (χ4n) is 2.87. The fourth-order valence-corrected chi connectivity index (χ4v) is 4.27. The summed E-state index contributed by atoms with van der Waals surface area (Å²) in [7, 11) is 0. The maximum atomic E-state index is 12.4. The van der Waals surface area contributed by atoms with Crippen molar-refractivity contribution in [2.75, 3.05) is 11.1 Å². The van der Waals surface area contributed by atoms with E-state index in [9.17, 15) is 4.79 Å². The Hall–Kier alpha value is -1.93. The number of ether oxygens (including phenoxy) is 1. The predicted octanol–water partition coefficient (Wildman–Crippen LogP) is 6.44. The van der Waals surface area contributed by atoms with Gasteiger partial charge in [-0.05, 0) is 44.5 Å². The number of halogens is 3. The molecule has 1 N–H and O–H groups in total. The van der Waals surface area contributed by atoms with Crippen molar-refractivity contribution >= 4 is 58.2 Å². The standard InChI is InChI=1S/C21H21Cl3N4O2S/c1-4-28-20(13(3)30-18-8-6-5-7-12(18)2)26-27-21(28)31-11-19(29)25-17-10-15(23)14(22)9-16(17)24/h5-10,13H,4,11H2,1-3H3,(H,25,29). The Bertz CT molecular complexity index is 1090. The summed E-state index contributed by atoms with van der Waals surface area (Å²) in [6.45, 7) is 6.56. The first-order valence-corrected chi connectivity index (χ1v) is 11.6. The molecule has 0 aliphatic carbocycles. The van der Waals surface area contributed by atoms with Crippen LogP contribution in [0.5, 0.6) is 5.75 Å². The van der Waals surface area contributed by atoms with Gasteiger partial charge in [0.15, 0.2) is 17.1 Å². The smallest absolute Gasteiger partial charge is 0.234 e. The molecule has 6 nitrogen and oxygen atoms in total. The summed E-state index contributed by atoms with van der Waals surface area (Å²) in [6, 6.07) is 10.8. The lowest BCUT2D eigenvalue weighted by Gasteiger charge is -2.17. The normalized spacial score (nSPS) is 11.9. The van der Waals surface area contributed by atoms with Crippen molar-refractivity contribution < 1.29 is 9.53 Å². The van der Waals surface area contributed by atoms with E-state index in [1.54, 1.807) is 0 Å². The molecule has 0 spiro atoms. The molecule has 1 heterocycles. The minimum atomic E-state index is -0.299. The van der Waals surface area contributed by atoms with Gasteiger partial charge in [0.25, 0.3) is 0 Å². The van der Waals surface area contributed by atoms with Crippen molar-refractivity contribution in [1.29, 1.82) is 0 Å². The predicted molar refractivity (Wildman–Crippen MR) is 127 cm³/mol. The largest absolute Gasteiger partial charge is 0.482 e. The molecule has 3 aromatic rings. The monoisotopic (exact) mass is 498 g/mol. The third kappa shape index (κ3) is 5.86. The maximum absolute atomic E-state index is 12.4. The third-order valence-corrected chi connectivity index (χ3v) is 6.44. The molecule has 1 aromatic heterocycles. The van der Waals surface area contributed by atoms with E-state index >= 15 is 0 Å². The van der Waals surface area contributed by atoms with Crippen LogP contribution in [0.4, 0.5) is 5.69 Å². The van der Waals surface area contributed by atoms with Crippen LogP contribution in [-0.2, 0) is 11.3 Å². The lowest BCUT2D eigenvalue weighted by Crippen LogP contribution is -2.16. The number of anilines is 1. The molecule has 0 saturated heterocycles. The maximum Gasteiger partial charge on any atom is 0.234 e. The second kappa shape index (κ2) is 10.6. The van der Waals surface area contributed by atoms with Crippen molar-refractivity contribution in [2.45, 2.75) is 38.6 Å². The topological polar surface area (TPSA) is 69.0 Å².